The summed E-state index contributed by atoms with van der Waals surface area (Å²) < 4.78 is 11.0. The number of hydrogen-bond donors (Lipinski definition) is 1. The molecule has 0 bridgehead atoms. The first-order chi connectivity index (χ1) is 10.3. The van der Waals surface area contributed by atoms with E-state index < -0.39 is 0 Å². The molecule has 0 spiro atoms. The fourth-order valence-corrected chi connectivity index (χ4v) is 3.79. The molecule has 1 saturated carbocycles. The van der Waals surface area contributed by atoms with Crippen LogP contribution in [0.2, 0.25) is 0 Å². The van der Waals surface area contributed by atoms with Crippen LogP contribution >= 0.6 is 15.9 Å². The molecule has 1 amide bonds. The molecular formula is C16H20BrNO3. The van der Waals surface area contributed by atoms with Crippen LogP contribution in [-0.4, -0.2) is 30.5 Å². The van der Waals surface area contributed by atoms with Gasteiger partial charge in [0.2, 0.25) is 0 Å². The summed E-state index contributed by atoms with van der Waals surface area (Å²) in [5.74, 6) is 1.88. The van der Waals surface area contributed by atoms with Crippen molar-refractivity contribution in [3.63, 3.8) is 0 Å². The molecule has 0 aromatic heterocycles. The van der Waals surface area contributed by atoms with E-state index in [2.05, 4.69) is 21.2 Å². The maximum absolute atomic E-state index is 12.4. The maximum Gasteiger partial charge on any atom is 0.251 e. The molecule has 1 N–H and O–H groups in total. The highest BCUT2D eigenvalue weighted by molar-refractivity contribution is 9.09. The fraction of sp³-hybridized carbons (Fsp3) is 0.562. The number of ether oxygens (including phenoxy) is 2. The summed E-state index contributed by atoms with van der Waals surface area (Å²) in [5, 5.41) is 4.12. The van der Waals surface area contributed by atoms with E-state index in [4.69, 9.17) is 9.47 Å². The van der Waals surface area contributed by atoms with Gasteiger partial charge in [-0.25, -0.2) is 0 Å². The smallest absolute Gasteiger partial charge is 0.251 e. The molecule has 0 radical (unpaired) electrons. The zero-order valence-corrected chi connectivity index (χ0v) is 13.5. The Morgan fingerprint density at radius 2 is 1.95 bits per heavy atom. The first kappa shape index (κ1) is 14.7. The van der Waals surface area contributed by atoms with Crippen LogP contribution in [0.4, 0.5) is 0 Å². The summed E-state index contributed by atoms with van der Waals surface area (Å²) in [6.07, 6.45) is 4.69. The summed E-state index contributed by atoms with van der Waals surface area (Å²) >= 11 is 3.56. The minimum absolute atomic E-state index is 0.0233. The molecule has 1 heterocycles. The monoisotopic (exact) mass is 353 g/mol. The highest BCUT2D eigenvalue weighted by Crippen LogP contribution is 2.31. The Labute approximate surface area is 133 Å². The molecule has 3 rings (SSSR count). The second-order valence-corrected chi connectivity index (χ2v) is 6.28. The zero-order chi connectivity index (χ0) is 14.7. The normalized spacial score (nSPS) is 24.4. The summed E-state index contributed by atoms with van der Waals surface area (Å²) in [5.41, 5.74) is 0.637. The van der Waals surface area contributed by atoms with Gasteiger partial charge in [0, 0.05) is 16.9 Å². The lowest BCUT2D eigenvalue weighted by atomic mass is 9.86. The van der Waals surface area contributed by atoms with Gasteiger partial charge in [0.25, 0.3) is 5.91 Å². The average Bonchev–Trinajstić information content (AvgIpc) is 2.55. The van der Waals surface area contributed by atoms with Crippen molar-refractivity contribution in [2.45, 2.75) is 31.7 Å². The first-order valence-corrected chi connectivity index (χ1v) is 8.66. The SMILES string of the molecule is O=C(NC1CCCCC1CBr)c1ccc2c(c1)OCCO2. The van der Waals surface area contributed by atoms with Crippen LogP contribution in [0.5, 0.6) is 11.5 Å². The van der Waals surface area contributed by atoms with Gasteiger partial charge in [-0.2, -0.15) is 0 Å². The Morgan fingerprint density at radius 3 is 2.76 bits per heavy atom. The topological polar surface area (TPSA) is 47.6 Å². The van der Waals surface area contributed by atoms with Gasteiger partial charge >= 0.3 is 0 Å². The Hall–Kier alpha value is -1.23. The molecule has 1 fully saturated rings. The van der Waals surface area contributed by atoms with Crippen molar-refractivity contribution in [1.82, 2.24) is 5.32 Å². The van der Waals surface area contributed by atoms with Crippen molar-refractivity contribution < 1.29 is 14.3 Å². The van der Waals surface area contributed by atoms with Gasteiger partial charge in [-0.1, -0.05) is 28.8 Å². The van der Waals surface area contributed by atoms with Gasteiger partial charge in [-0.3, -0.25) is 4.79 Å². The molecule has 2 atom stereocenters. The van der Waals surface area contributed by atoms with Gasteiger partial charge < -0.3 is 14.8 Å². The van der Waals surface area contributed by atoms with Crippen molar-refractivity contribution in [3.05, 3.63) is 23.8 Å². The third-order valence-corrected chi connectivity index (χ3v) is 5.06. The molecular weight excluding hydrogens is 334 g/mol. The van der Waals surface area contributed by atoms with Crippen molar-refractivity contribution in [2.24, 2.45) is 5.92 Å². The Balaban J connectivity index is 1.70. The van der Waals surface area contributed by atoms with E-state index in [1.807, 2.05) is 6.07 Å². The van der Waals surface area contributed by atoms with E-state index in [-0.39, 0.29) is 11.9 Å². The predicted molar refractivity (Wildman–Crippen MR) is 84.4 cm³/mol. The molecule has 21 heavy (non-hydrogen) atoms. The van der Waals surface area contributed by atoms with Crippen LogP contribution in [-0.2, 0) is 0 Å². The number of amides is 1. The summed E-state index contributed by atoms with van der Waals surface area (Å²) in [6.45, 7) is 1.10. The Kier molecular flexibility index (Phi) is 4.68. The lowest BCUT2D eigenvalue weighted by Crippen LogP contribution is -2.42. The molecule has 2 aliphatic rings. The van der Waals surface area contributed by atoms with Crippen molar-refractivity contribution in [1.29, 1.82) is 0 Å². The molecule has 114 valence electrons. The van der Waals surface area contributed by atoms with Crippen LogP contribution in [0.15, 0.2) is 18.2 Å². The fourth-order valence-electron chi connectivity index (χ4n) is 3.02. The standard InChI is InChI=1S/C16H20BrNO3/c17-10-12-3-1-2-4-13(12)18-16(19)11-5-6-14-15(9-11)21-8-7-20-14/h5-6,9,12-13H,1-4,7-8,10H2,(H,18,19). The number of alkyl halides is 1. The highest BCUT2D eigenvalue weighted by Gasteiger charge is 2.26. The largest absolute Gasteiger partial charge is 0.486 e. The molecule has 1 aliphatic carbocycles. The van der Waals surface area contributed by atoms with Gasteiger partial charge in [-0.05, 0) is 37.0 Å². The Morgan fingerprint density at radius 1 is 1.19 bits per heavy atom. The molecule has 0 saturated heterocycles. The number of hydrogen-bond acceptors (Lipinski definition) is 3. The molecule has 5 heteroatoms. The van der Waals surface area contributed by atoms with E-state index >= 15 is 0 Å². The number of carbonyl (C=O) groups is 1. The van der Waals surface area contributed by atoms with Crippen molar-refractivity contribution >= 4 is 21.8 Å². The predicted octanol–water partition coefficient (Wildman–Crippen LogP) is 3.14. The van der Waals surface area contributed by atoms with Gasteiger partial charge in [0.1, 0.15) is 13.2 Å². The molecule has 4 nitrogen and oxygen atoms in total. The number of nitrogens with one attached hydrogen (secondary N) is 1. The highest BCUT2D eigenvalue weighted by atomic mass is 79.9. The van der Waals surface area contributed by atoms with Gasteiger partial charge in [0.15, 0.2) is 11.5 Å². The molecule has 1 aromatic carbocycles. The number of rotatable bonds is 3. The van der Waals surface area contributed by atoms with E-state index in [0.29, 0.717) is 36.2 Å². The zero-order valence-electron chi connectivity index (χ0n) is 11.9. The minimum atomic E-state index is -0.0233. The second-order valence-electron chi connectivity index (χ2n) is 5.64. The van der Waals surface area contributed by atoms with E-state index in [9.17, 15) is 4.79 Å². The van der Waals surface area contributed by atoms with Gasteiger partial charge in [-0.15, -0.1) is 0 Å². The number of halogens is 1. The summed E-state index contributed by atoms with van der Waals surface area (Å²) in [7, 11) is 0. The van der Waals surface area contributed by atoms with Crippen LogP contribution in [0.3, 0.4) is 0 Å². The van der Waals surface area contributed by atoms with Crippen LogP contribution in [0, 0.1) is 5.92 Å². The lowest BCUT2D eigenvalue weighted by Gasteiger charge is -2.31. The van der Waals surface area contributed by atoms with Crippen LogP contribution < -0.4 is 14.8 Å². The average molecular weight is 354 g/mol. The summed E-state index contributed by atoms with van der Waals surface area (Å²) in [4.78, 5) is 12.4. The third kappa shape index (κ3) is 3.34. The molecule has 1 aliphatic heterocycles. The van der Waals surface area contributed by atoms with Crippen LogP contribution in [0.25, 0.3) is 0 Å². The second kappa shape index (κ2) is 6.69. The Bertz CT molecular complexity index is 520. The quantitative estimate of drug-likeness (QED) is 0.849. The number of fused-ring (bicyclic) bond motifs is 1. The van der Waals surface area contributed by atoms with Crippen molar-refractivity contribution in [2.75, 3.05) is 18.5 Å². The molecule has 2 unspecified atom stereocenters. The maximum atomic E-state index is 12.4. The molecule has 1 aromatic rings. The number of benzene rings is 1. The van der Waals surface area contributed by atoms with E-state index in [1.54, 1.807) is 12.1 Å². The van der Waals surface area contributed by atoms with E-state index in [0.717, 1.165) is 11.8 Å². The van der Waals surface area contributed by atoms with Gasteiger partial charge in [0.05, 0.1) is 0 Å². The lowest BCUT2D eigenvalue weighted by molar-refractivity contribution is 0.0910. The third-order valence-electron chi connectivity index (χ3n) is 4.23. The van der Waals surface area contributed by atoms with E-state index in [1.165, 1.54) is 19.3 Å². The first-order valence-electron chi connectivity index (χ1n) is 7.54. The number of carbonyl (C=O) groups excluding carboxylic acids is 1. The van der Waals surface area contributed by atoms with Crippen molar-refractivity contribution in [3.8, 4) is 11.5 Å². The minimum Gasteiger partial charge on any atom is -0.486 e. The van der Waals surface area contributed by atoms with Crippen LogP contribution in [0.1, 0.15) is 36.0 Å². The summed E-state index contributed by atoms with van der Waals surface area (Å²) in [6, 6.07) is 5.65.